The smallest absolute Gasteiger partial charge is 0.253 e. The highest BCUT2D eigenvalue weighted by Gasteiger charge is 2.26. The predicted octanol–water partition coefficient (Wildman–Crippen LogP) is 6.30. The van der Waals surface area contributed by atoms with Crippen molar-refractivity contribution in [3.05, 3.63) is 77.0 Å². The van der Waals surface area contributed by atoms with Gasteiger partial charge in [-0.2, -0.15) is 5.10 Å². The van der Waals surface area contributed by atoms with Crippen molar-refractivity contribution in [1.82, 2.24) is 24.6 Å². The summed E-state index contributed by atoms with van der Waals surface area (Å²) in [7, 11) is 0. The van der Waals surface area contributed by atoms with Gasteiger partial charge in [-0.15, -0.1) is 0 Å². The van der Waals surface area contributed by atoms with Crippen molar-refractivity contribution < 1.29 is 9.18 Å². The van der Waals surface area contributed by atoms with E-state index in [9.17, 15) is 9.18 Å². The third-order valence-corrected chi connectivity index (χ3v) is 8.69. The van der Waals surface area contributed by atoms with E-state index in [0.717, 1.165) is 65.4 Å². The van der Waals surface area contributed by atoms with Crippen LogP contribution in [0.25, 0.3) is 16.7 Å². The highest BCUT2D eigenvalue weighted by molar-refractivity contribution is 5.94. The van der Waals surface area contributed by atoms with Crippen LogP contribution in [0.4, 0.5) is 10.2 Å². The Labute approximate surface area is 241 Å². The summed E-state index contributed by atoms with van der Waals surface area (Å²) in [6.07, 6.45) is 8.94. The molecule has 1 saturated carbocycles. The maximum absolute atomic E-state index is 13.7. The second kappa shape index (κ2) is 12.0. The van der Waals surface area contributed by atoms with Crippen molar-refractivity contribution in [3.8, 4) is 5.69 Å². The molecule has 0 unspecified atom stereocenters. The Morgan fingerprint density at radius 3 is 2.39 bits per heavy atom. The van der Waals surface area contributed by atoms with Crippen molar-refractivity contribution in [3.63, 3.8) is 0 Å². The predicted molar refractivity (Wildman–Crippen MR) is 160 cm³/mol. The molecule has 4 aromatic rings. The van der Waals surface area contributed by atoms with E-state index in [1.165, 1.54) is 49.8 Å². The highest BCUT2D eigenvalue weighted by atomic mass is 19.1. The molecule has 1 aliphatic heterocycles. The highest BCUT2D eigenvalue weighted by Crippen LogP contribution is 2.32. The summed E-state index contributed by atoms with van der Waals surface area (Å²) in [5.74, 6) is 2.14. The first-order chi connectivity index (χ1) is 20.0. The maximum atomic E-state index is 13.7. The zero-order valence-electron chi connectivity index (χ0n) is 24.2. The van der Waals surface area contributed by atoms with E-state index in [2.05, 4.69) is 11.8 Å². The van der Waals surface area contributed by atoms with E-state index in [1.807, 2.05) is 40.8 Å². The number of carbonyl (C=O) groups excluding carboxylic acids is 1. The number of halogens is 1. The molecule has 0 atom stereocenters. The van der Waals surface area contributed by atoms with Gasteiger partial charge in [-0.1, -0.05) is 51.2 Å². The molecule has 0 radical (unpaired) electrons. The number of aromatic nitrogens is 4. The molecule has 1 amide bonds. The first-order valence-electron chi connectivity index (χ1n) is 15.2. The van der Waals surface area contributed by atoms with Crippen LogP contribution < -0.4 is 4.90 Å². The zero-order valence-corrected chi connectivity index (χ0v) is 24.2. The van der Waals surface area contributed by atoms with Crippen LogP contribution >= 0.6 is 0 Å². The summed E-state index contributed by atoms with van der Waals surface area (Å²) in [5.41, 5.74) is 4.36. The Bertz CT molecular complexity index is 1510. The summed E-state index contributed by atoms with van der Waals surface area (Å²) in [4.78, 5) is 27.9. The molecule has 8 heteroatoms. The summed E-state index contributed by atoms with van der Waals surface area (Å²) >= 11 is 0. The second-order valence-electron chi connectivity index (χ2n) is 11.5. The van der Waals surface area contributed by atoms with E-state index >= 15 is 0 Å². The first kappa shape index (κ1) is 27.4. The van der Waals surface area contributed by atoms with Crippen LogP contribution in [0.15, 0.2) is 48.5 Å². The third-order valence-electron chi connectivity index (χ3n) is 8.69. The topological polar surface area (TPSA) is 67.2 Å². The molecule has 7 nitrogen and oxygen atoms in total. The Balaban J connectivity index is 1.33. The number of benzene rings is 2. The second-order valence-corrected chi connectivity index (χ2v) is 11.5. The van der Waals surface area contributed by atoms with Gasteiger partial charge in [0.2, 0.25) is 0 Å². The molecule has 0 spiro atoms. The van der Waals surface area contributed by atoms with Crippen molar-refractivity contribution in [2.45, 2.75) is 65.2 Å². The summed E-state index contributed by atoms with van der Waals surface area (Å²) in [6.45, 7) is 6.94. The van der Waals surface area contributed by atoms with Gasteiger partial charge in [0.05, 0.1) is 16.8 Å². The SMILES string of the molecule is CCc1ccc(C(=O)N2CCCN(c3nc(CC4CCCCC4)nc4c3c(C)nn4-c3ccc(F)cc3)CC2)cc1. The summed E-state index contributed by atoms with van der Waals surface area (Å²) in [6, 6.07) is 14.4. The van der Waals surface area contributed by atoms with Gasteiger partial charge in [0.1, 0.15) is 17.5 Å². The monoisotopic (exact) mass is 554 g/mol. The van der Waals surface area contributed by atoms with Gasteiger partial charge in [0.25, 0.3) is 5.91 Å². The van der Waals surface area contributed by atoms with Crippen LogP contribution in [0.5, 0.6) is 0 Å². The van der Waals surface area contributed by atoms with Crippen molar-refractivity contribution in [1.29, 1.82) is 0 Å². The zero-order chi connectivity index (χ0) is 28.3. The molecular weight excluding hydrogens is 515 g/mol. The van der Waals surface area contributed by atoms with Gasteiger partial charge in [-0.3, -0.25) is 4.79 Å². The number of hydrogen-bond donors (Lipinski definition) is 0. The quantitative estimate of drug-likeness (QED) is 0.280. The molecule has 41 heavy (non-hydrogen) atoms. The molecule has 6 rings (SSSR count). The number of aryl methyl sites for hydroxylation is 2. The molecule has 2 aromatic carbocycles. The Morgan fingerprint density at radius 2 is 1.66 bits per heavy atom. The largest absolute Gasteiger partial charge is 0.354 e. The number of rotatable bonds is 6. The minimum absolute atomic E-state index is 0.0839. The lowest BCUT2D eigenvalue weighted by atomic mass is 9.87. The fraction of sp³-hybridized carbons (Fsp3) is 0.455. The molecule has 214 valence electrons. The van der Waals surface area contributed by atoms with E-state index in [4.69, 9.17) is 15.1 Å². The van der Waals surface area contributed by atoms with Crippen molar-refractivity contribution in [2.75, 3.05) is 31.1 Å². The van der Waals surface area contributed by atoms with Crippen LogP contribution in [-0.2, 0) is 12.8 Å². The lowest BCUT2D eigenvalue weighted by Gasteiger charge is -2.25. The molecule has 2 aromatic heterocycles. The number of fused-ring (bicyclic) bond motifs is 1. The van der Waals surface area contributed by atoms with E-state index in [0.29, 0.717) is 25.6 Å². The van der Waals surface area contributed by atoms with E-state index in [-0.39, 0.29) is 11.7 Å². The fourth-order valence-electron chi connectivity index (χ4n) is 6.34. The summed E-state index contributed by atoms with van der Waals surface area (Å²) in [5, 5.41) is 5.78. The molecule has 3 heterocycles. The lowest BCUT2D eigenvalue weighted by Crippen LogP contribution is -2.35. The first-order valence-corrected chi connectivity index (χ1v) is 15.2. The molecule has 0 N–H and O–H groups in total. The maximum Gasteiger partial charge on any atom is 0.253 e. The van der Waals surface area contributed by atoms with Crippen LogP contribution in [0.1, 0.15) is 72.9 Å². The van der Waals surface area contributed by atoms with Gasteiger partial charge >= 0.3 is 0 Å². The molecule has 0 bridgehead atoms. The van der Waals surface area contributed by atoms with Crippen LogP contribution in [-0.4, -0.2) is 56.7 Å². The van der Waals surface area contributed by atoms with Crippen LogP contribution in [0.3, 0.4) is 0 Å². The molecule has 2 aliphatic rings. The number of amides is 1. The van der Waals surface area contributed by atoms with Gasteiger partial charge in [-0.05, 0) is 67.6 Å². The Hall–Kier alpha value is -3.81. The molecule has 1 aliphatic carbocycles. The number of carbonyl (C=O) groups is 1. The van der Waals surface area contributed by atoms with Crippen molar-refractivity contribution >= 4 is 22.8 Å². The summed E-state index contributed by atoms with van der Waals surface area (Å²) < 4.78 is 15.6. The normalized spacial score (nSPS) is 16.8. The fourth-order valence-corrected chi connectivity index (χ4v) is 6.34. The number of hydrogen-bond acceptors (Lipinski definition) is 5. The average Bonchev–Trinajstić information content (AvgIpc) is 3.16. The Morgan fingerprint density at radius 1 is 0.902 bits per heavy atom. The van der Waals surface area contributed by atoms with Gasteiger partial charge in [0.15, 0.2) is 5.65 Å². The third kappa shape index (κ3) is 5.83. The molecule has 2 fully saturated rings. The average molecular weight is 555 g/mol. The molecular formula is C33H39FN6O. The van der Waals surface area contributed by atoms with Crippen molar-refractivity contribution in [2.24, 2.45) is 5.92 Å². The number of nitrogens with zero attached hydrogens (tertiary/aromatic N) is 6. The van der Waals surface area contributed by atoms with E-state index in [1.54, 1.807) is 12.1 Å². The Kier molecular flexibility index (Phi) is 7.99. The standard InChI is InChI=1S/C33H39FN6O/c1-3-24-10-12-26(13-11-24)33(41)39-19-7-18-38(20-21-39)31-30-23(2)37-40(28-16-14-27(34)15-17-28)32(30)36-29(35-31)22-25-8-5-4-6-9-25/h10-17,25H,3-9,18-22H2,1-2H3. The van der Waals surface area contributed by atoms with E-state index < -0.39 is 0 Å². The van der Waals surface area contributed by atoms with Gasteiger partial charge in [0, 0.05) is 38.2 Å². The minimum atomic E-state index is -0.278. The minimum Gasteiger partial charge on any atom is -0.354 e. The van der Waals surface area contributed by atoms with Crippen LogP contribution in [0.2, 0.25) is 0 Å². The van der Waals surface area contributed by atoms with Gasteiger partial charge < -0.3 is 9.80 Å². The van der Waals surface area contributed by atoms with Gasteiger partial charge in [-0.25, -0.2) is 19.0 Å². The lowest BCUT2D eigenvalue weighted by molar-refractivity contribution is 0.0767. The number of anilines is 1. The van der Waals surface area contributed by atoms with Crippen LogP contribution in [0, 0.1) is 18.7 Å². The molecule has 1 saturated heterocycles.